The number of benzene rings is 1. The number of aryl methyl sites for hydroxylation is 3. The van der Waals surface area contributed by atoms with Crippen molar-refractivity contribution in [2.45, 2.75) is 20.8 Å². The number of hydrogen-bond acceptors (Lipinski definition) is 6. The Morgan fingerprint density at radius 2 is 1.76 bits per heavy atom. The van der Waals surface area contributed by atoms with Gasteiger partial charge in [-0.15, -0.1) is 11.3 Å². The largest absolute Gasteiger partial charge is 0.496 e. The summed E-state index contributed by atoms with van der Waals surface area (Å²) in [6.45, 7) is 5.86. The van der Waals surface area contributed by atoms with Gasteiger partial charge in [0.2, 0.25) is 0 Å². The first-order valence-electron chi connectivity index (χ1n) is 8.85. The van der Waals surface area contributed by atoms with Gasteiger partial charge in [-0.3, -0.25) is 24.0 Å². The van der Waals surface area contributed by atoms with E-state index in [1.165, 1.54) is 25.4 Å². The minimum Gasteiger partial charge on any atom is -0.496 e. The fourth-order valence-electron chi connectivity index (χ4n) is 3.08. The standard InChI is InChI=1S/C20H22N4O4S/c1-10-8-15(28-6)11(2)7-13(10)17-12(3)29-19(21-17)22-18(26)14-9-16(25)24(5)20(27)23(14)4/h7-9H,1-6H3,(H,21,22,26). The molecule has 9 heteroatoms. The van der Waals surface area contributed by atoms with Gasteiger partial charge in [0.1, 0.15) is 11.4 Å². The van der Waals surface area contributed by atoms with Gasteiger partial charge in [-0.2, -0.15) is 0 Å². The average molecular weight is 414 g/mol. The lowest BCUT2D eigenvalue weighted by Crippen LogP contribution is -2.40. The fraction of sp³-hybridized carbons (Fsp3) is 0.300. The van der Waals surface area contributed by atoms with Crippen molar-refractivity contribution in [3.05, 3.63) is 60.7 Å². The highest BCUT2D eigenvalue weighted by Gasteiger charge is 2.18. The first-order valence-corrected chi connectivity index (χ1v) is 9.67. The van der Waals surface area contributed by atoms with Crippen LogP contribution in [0.2, 0.25) is 0 Å². The van der Waals surface area contributed by atoms with Crippen LogP contribution in [0.4, 0.5) is 5.13 Å². The van der Waals surface area contributed by atoms with Crippen molar-refractivity contribution < 1.29 is 9.53 Å². The molecule has 152 valence electrons. The summed E-state index contributed by atoms with van der Waals surface area (Å²) in [7, 11) is 4.44. The molecule has 1 amide bonds. The van der Waals surface area contributed by atoms with Crippen LogP contribution in [-0.2, 0) is 14.1 Å². The maximum Gasteiger partial charge on any atom is 0.331 e. The van der Waals surface area contributed by atoms with Crippen LogP contribution in [0.3, 0.4) is 0 Å². The molecule has 29 heavy (non-hydrogen) atoms. The van der Waals surface area contributed by atoms with Gasteiger partial charge in [-0.1, -0.05) is 0 Å². The third kappa shape index (κ3) is 3.73. The Kier molecular flexibility index (Phi) is 5.43. The van der Waals surface area contributed by atoms with Gasteiger partial charge in [0.05, 0.1) is 12.8 Å². The molecule has 2 aromatic heterocycles. The summed E-state index contributed by atoms with van der Waals surface area (Å²) in [4.78, 5) is 42.1. The van der Waals surface area contributed by atoms with E-state index in [0.29, 0.717) is 5.13 Å². The molecule has 1 aromatic carbocycles. The zero-order valence-corrected chi connectivity index (χ0v) is 17.9. The second-order valence-corrected chi connectivity index (χ2v) is 7.99. The van der Waals surface area contributed by atoms with Crippen LogP contribution < -0.4 is 21.3 Å². The third-order valence-corrected chi connectivity index (χ3v) is 5.66. The quantitative estimate of drug-likeness (QED) is 0.707. The number of amides is 1. The summed E-state index contributed by atoms with van der Waals surface area (Å²) < 4.78 is 7.44. The van der Waals surface area contributed by atoms with E-state index in [-0.39, 0.29) is 5.69 Å². The van der Waals surface area contributed by atoms with Gasteiger partial charge in [-0.25, -0.2) is 9.78 Å². The summed E-state index contributed by atoms with van der Waals surface area (Å²) in [6.07, 6.45) is 0. The number of carbonyl (C=O) groups excluding carboxylic acids is 1. The number of nitrogens with zero attached hydrogens (tertiary/aromatic N) is 3. The Balaban J connectivity index is 1.97. The van der Waals surface area contributed by atoms with Crippen molar-refractivity contribution in [3.8, 4) is 17.0 Å². The number of hydrogen-bond donors (Lipinski definition) is 1. The zero-order chi connectivity index (χ0) is 21.5. The second-order valence-electron chi connectivity index (χ2n) is 6.78. The summed E-state index contributed by atoms with van der Waals surface area (Å²) in [5.41, 5.74) is 2.59. The molecule has 0 radical (unpaired) electrons. The molecule has 3 rings (SSSR count). The highest BCUT2D eigenvalue weighted by molar-refractivity contribution is 7.16. The predicted octanol–water partition coefficient (Wildman–Crippen LogP) is 2.39. The molecule has 0 aliphatic rings. The van der Waals surface area contributed by atoms with E-state index in [1.807, 2.05) is 32.9 Å². The van der Waals surface area contributed by atoms with Crippen molar-refractivity contribution in [3.63, 3.8) is 0 Å². The molecular formula is C20H22N4O4S. The lowest BCUT2D eigenvalue weighted by Gasteiger charge is -2.10. The van der Waals surface area contributed by atoms with E-state index in [0.717, 1.165) is 48.2 Å². The molecule has 0 aliphatic heterocycles. The molecular weight excluding hydrogens is 392 g/mol. The van der Waals surface area contributed by atoms with E-state index < -0.39 is 17.2 Å². The summed E-state index contributed by atoms with van der Waals surface area (Å²) in [6, 6.07) is 5.10. The SMILES string of the molecule is COc1cc(C)c(-c2nc(NC(=O)c3cc(=O)n(C)c(=O)n3C)sc2C)cc1C. The molecule has 0 spiro atoms. The maximum absolute atomic E-state index is 12.6. The van der Waals surface area contributed by atoms with Crippen molar-refractivity contribution in [1.29, 1.82) is 0 Å². The van der Waals surface area contributed by atoms with Crippen LogP contribution in [0.15, 0.2) is 27.8 Å². The van der Waals surface area contributed by atoms with Crippen molar-refractivity contribution in [2.75, 3.05) is 12.4 Å². The Morgan fingerprint density at radius 1 is 1.07 bits per heavy atom. The van der Waals surface area contributed by atoms with Gasteiger partial charge in [0.25, 0.3) is 11.5 Å². The smallest absolute Gasteiger partial charge is 0.331 e. The Morgan fingerprint density at radius 3 is 2.41 bits per heavy atom. The number of ether oxygens (including phenoxy) is 1. The first-order chi connectivity index (χ1) is 13.6. The highest BCUT2D eigenvalue weighted by Crippen LogP contribution is 2.35. The maximum atomic E-state index is 12.6. The molecule has 1 N–H and O–H groups in total. The molecule has 2 heterocycles. The highest BCUT2D eigenvalue weighted by atomic mass is 32.1. The molecule has 8 nitrogen and oxygen atoms in total. The molecule has 0 atom stereocenters. The minimum absolute atomic E-state index is 0.0241. The Bertz CT molecular complexity index is 1240. The minimum atomic E-state index is -0.567. The number of rotatable bonds is 4. The Labute approximate surface area is 171 Å². The Hall–Kier alpha value is -3.20. The van der Waals surface area contributed by atoms with Gasteiger partial charge in [-0.05, 0) is 44.0 Å². The number of methoxy groups -OCH3 is 1. The van der Waals surface area contributed by atoms with Crippen LogP contribution in [0.5, 0.6) is 5.75 Å². The lowest BCUT2D eigenvalue weighted by atomic mass is 10.0. The molecule has 0 unspecified atom stereocenters. The van der Waals surface area contributed by atoms with Crippen molar-refractivity contribution in [1.82, 2.24) is 14.1 Å². The van der Waals surface area contributed by atoms with E-state index in [1.54, 1.807) is 7.11 Å². The van der Waals surface area contributed by atoms with Crippen LogP contribution in [0.1, 0.15) is 26.5 Å². The van der Waals surface area contributed by atoms with E-state index in [9.17, 15) is 14.4 Å². The summed E-state index contributed by atoms with van der Waals surface area (Å²) >= 11 is 1.33. The zero-order valence-electron chi connectivity index (χ0n) is 17.1. The monoisotopic (exact) mass is 414 g/mol. The van der Waals surface area contributed by atoms with Crippen LogP contribution >= 0.6 is 11.3 Å². The van der Waals surface area contributed by atoms with Crippen LogP contribution in [0.25, 0.3) is 11.3 Å². The van der Waals surface area contributed by atoms with Gasteiger partial charge >= 0.3 is 5.69 Å². The van der Waals surface area contributed by atoms with Crippen molar-refractivity contribution >= 4 is 22.4 Å². The summed E-state index contributed by atoms with van der Waals surface area (Å²) in [5.74, 6) is 0.240. The predicted molar refractivity (Wildman–Crippen MR) is 113 cm³/mol. The average Bonchev–Trinajstić information content (AvgIpc) is 3.04. The molecule has 0 saturated heterocycles. The number of carbonyl (C=O) groups is 1. The van der Waals surface area contributed by atoms with E-state index in [4.69, 9.17) is 4.74 Å². The molecule has 3 aromatic rings. The lowest BCUT2D eigenvalue weighted by molar-refractivity contribution is 0.101. The topological polar surface area (TPSA) is 95.2 Å². The second kappa shape index (κ2) is 7.67. The number of aromatic nitrogens is 3. The number of nitrogens with one attached hydrogen (secondary N) is 1. The fourth-order valence-corrected chi connectivity index (χ4v) is 3.90. The first kappa shape index (κ1) is 20.5. The van der Waals surface area contributed by atoms with Gasteiger partial charge in [0, 0.05) is 30.6 Å². The molecule has 0 fully saturated rings. The number of thiazole rings is 1. The normalized spacial score (nSPS) is 10.8. The molecule has 0 saturated carbocycles. The molecule has 0 aliphatic carbocycles. The van der Waals surface area contributed by atoms with Crippen LogP contribution in [0, 0.1) is 20.8 Å². The van der Waals surface area contributed by atoms with Crippen LogP contribution in [-0.4, -0.2) is 27.1 Å². The van der Waals surface area contributed by atoms with Gasteiger partial charge in [0.15, 0.2) is 5.13 Å². The van der Waals surface area contributed by atoms with E-state index >= 15 is 0 Å². The molecule has 0 bridgehead atoms. The van der Waals surface area contributed by atoms with E-state index in [2.05, 4.69) is 10.3 Å². The summed E-state index contributed by atoms with van der Waals surface area (Å²) in [5, 5.41) is 3.09. The van der Waals surface area contributed by atoms with Crippen molar-refractivity contribution in [2.24, 2.45) is 14.1 Å². The van der Waals surface area contributed by atoms with Gasteiger partial charge < -0.3 is 4.74 Å². The number of anilines is 1. The third-order valence-electron chi connectivity index (χ3n) is 4.77.